The zero-order chi connectivity index (χ0) is 12.6. The number of hydrogen-bond acceptors (Lipinski definition) is 5. The maximum Gasteiger partial charge on any atom is 0.247 e. The smallest absolute Gasteiger partial charge is 0.247 e. The second-order valence-electron chi connectivity index (χ2n) is 3.19. The number of nitrogens with two attached hydrogens (primary N) is 1. The Kier molecular flexibility index (Phi) is 3.83. The van der Waals surface area contributed by atoms with Crippen LogP contribution in [0, 0.1) is 0 Å². The van der Waals surface area contributed by atoms with E-state index < -0.39 is 20.6 Å². The molecule has 1 rings (SSSR count). The normalized spacial score (nSPS) is 14.6. The Labute approximate surface area is 100 Å². The van der Waals surface area contributed by atoms with Crippen molar-refractivity contribution < 1.29 is 17.5 Å². The third-order valence-corrected chi connectivity index (χ3v) is 6.18. The predicted molar refractivity (Wildman–Crippen MR) is 67.4 cm³/mol. The summed E-state index contributed by atoms with van der Waals surface area (Å²) in [5.41, 5.74) is 0.471. The number of sulfonamides is 1. The average Bonchev–Trinajstić information content (AvgIpc) is 2.46. The van der Waals surface area contributed by atoms with Gasteiger partial charge in [0.25, 0.3) is 0 Å². The van der Waals surface area contributed by atoms with Gasteiger partial charge in [0.2, 0.25) is 10.0 Å². The van der Waals surface area contributed by atoms with Crippen molar-refractivity contribution in [2.75, 3.05) is 6.26 Å². The third-order valence-electron chi connectivity index (χ3n) is 1.68. The summed E-state index contributed by atoms with van der Waals surface area (Å²) in [6.07, 6.45) is 4.54. The molecule has 92 valence electrons. The van der Waals surface area contributed by atoms with E-state index >= 15 is 0 Å². The molecule has 8 heteroatoms. The van der Waals surface area contributed by atoms with Gasteiger partial charge in [-0.25, -0.2) is 13.6 Å². The predicted octanol–water partition coefficient (Wildman–Crippen LogP) is 2.17. The minimum absolute atomic E-state index is 0.0718. The topological polar surface area (TPSA) is 101 Å². The van der Waals surface area contributed by atoms with E-state index in [-0.39, 0.29) is 8.42 Å². The maximum absolute atomic E-state index is 11.1. The first-order valence-electron chi connectivity index (χ1n) is 4.19. The summed E-state index contributed by atoms with van der Waals surface area (Å²) in [4.78, 5) is 0. The highest BCUT2D eigenvalue weighted by atomic mass is 32.3. The molecule has 0 saturated carbocycles. The lowest BCUT2D eigenvalue weighted by Gasteiger charge is -2.25. The monoisotopic (exact) mass is 283 g/mol. The Morgan fingerprint density at radius 3 is 2.38 bits per heavy atom. The highest BCUT2D eigenvalue weighted by Gasteiger charge is 2.21. The van der Waals surface area contributed by atoms with E-state index in [4.69, 9.17) is 5.14 Å². The van der Waals surface area contributed by atoms with Gasteiger partial charge in [-0.1, -0.05) is 12.2 Å². The first-order valence-corrected chi connectivity index (χ1v) is 8.50. The van der Waals surface area contributed by atoms with Crippen LogP contribution in [-0.4, -0.2) is 23.8 Å². The maximum atomic E-state index is 11.1. The van der Waals surface area contributed by atoms with E-state index in [0.29, 0.717) is 5.56 Å². The van der Waals surface area contributed by atoms with Gasteiger partial charge in [0.15, 0.2) is 0 Å². The number of rotatable bonds is 3. The molecule has 5 nitrogen and oxygen atoms in total. The minimum Gasteiger partial charge on any atom is -0.294 e. The van der Waals surface area contributed by atoms with Crippen LogP contribution in [0.1, 0.15) is 12.5 Å². The second kappa shape index (κ2) is 4.47. The number of thiophene rings is 1. The molecule has 0 aromatic carbocycles. The van der Waals surface area contributed by atoms with Crippen LogP contribution in [0.25, 0.3) is 6.08 Å². The fourth-order valence-corrected chi connectivity index (χ4v) is 4.36. The van der Waals surface area contributed by atoms with Crippen molar-refractivity contribution in [3.8, 4) is 0 Å². The van der Waals surface area contributed by atoms with E-state index in [2.05, 4.69) is 0 Å². The summed E-state index contributed by atoms with van der Waals surface area (Å²) < 4.78 is 41.5. The minimum atomic E-state index is -3.81. The summed E-state index contributed by atoms with van der Waals surface area (Å²) in [6.45, 7) is 1.75. The molecule has 1 aromatic heterocycles. The number of hydrogen-bond donors (Lipinski definition) is 3. The SMILES string of the molecule is C/C=C\c1cc(S(N)(=O)=O)sc1S(C)(O)O. The molecule has 16 heavy (non-hydrogen) atoms. The van der Waals surface area contributed by atoms with Gasteiger partial charge >= 0.3 is 0 Å². The van der Waals surface area contributed by atoms with Crippen molar-refractivity contribution in [3.63, 3.8) is 0 Å². The molecule has 1 aromatic rings. The molecule has 0 saturated heterocycles. The first-order chi connectivity index (χ1) is 7.16. The molecular formula is C8H13NO4S3. The van der Waals surface area contributed by atoms with E-state index in [9.17, 15) is 17.5 Å². The van der Waals surface area contributed by atoms with Crippen molar-refractivity contribution in [3.05, 3.63) is 17.7 Å². The van der Waals surface area contributed by atoms with Crippen molar-refractivity contribution in [2.24, 2.45) is 5.14 Å². The van der Waals surface area contributed by atoms with Crippen LogP contribution in [0.4, 0.5) is 0 Å². The second-order valence-corrected chi connectivity index (χ2v) is 8.36. The van der Waals surface area contributed by atoms with Crippen LogP contribution < -0.4 is 5.14 Å². The van der Waals surface area contributed by atoms with Crippen molar-refractivity contribution >= 4 is 38.0 Å². The zero-order valence-electron chi connectivity index (χ0n) is 8.75. The largest absolute Gasteiger partial charge is 0.294 e. The van der Waals surface area contributed by atoms with E-state index in [0.717, 1.165) is 11.3 Å². The highest BCUT2D eigenvalue weighted by molar-refractivity contribution is 8.25. The number of primary sulfonamides is 1. The summed E-state index contributed by atoms with van der Waals surface area (Å²) in [5.74, 6) is 0. The molecule has 0 aliphatic rings. The van der Waals surface area contributed by atoms with E-state index in [1.165, 1.54) is 12.3 Å². The molecule has 0 atom stereocenters. The van der Waals surface area contributed by atoms with Gasteiger partial charge in [0, 0.05) is 11.8 Å². The molecule has 4 N–H and O–H groups in total. The van der Waals surface area contributed by atoms with Crippen LogP contribution >= 0.6 is 21.9 Å². The molecule has 0 amide bonds. The van der Waals surface area contributed by atoms with Crippen LogP contribution in [-0.2, 0) is 10.0 Å². The molecule has 0 bridgehead atoms. The highest BCUT2D eigenvalue weighted by Crippen LogP contribution is 2.51. The third kappa shape index (κ3) is 3.06. The van der Waals surface area contributed by atoms with Gasteiger partial charge in [0.1, 0.15) is 8.42 Å². The van der Waals surface area contributed by atoms with Crippen LogP contribution in [0.5, 0.6) is 0 Å². The lowest BCUT2D eigenvalue weighted by atomic mass is 10.3. The summed E-state index contributed by atoms with van der Waals surface area (Å²) >= 11 is 0.786. The fourth-order valence-electron chi connectivity index (χ4n) is 1.10. The Hall–Kier alpha value is -0.380. The lowest BCUT2D eigenvalue weighted by molar-refractivity contribution is 0.497. The van der Waals surface area contributed by atoms with Gasteiger partial charge in [-0.3, -0.25) is 9.11 Å². The Bertz CT molecular complexity index is 510. The van der Waals surface area contributed by atoms with Crippen molar-refractivity contribution in [2.45, 2.75) is 15.3 Å². The van der Waals surface area contributed by atoms with Gasteiger partial charge in [-0.15, -0.1) is 11.3 Å². The van der Waals surface area contributed by atoms with E-state index in [1.54, 1.807) is 19.1 Å². The van der Waals surface area contributed by atoms with Crippen LogP contribution in [0.2, 0.25) is 0 Å². The molecular weight excluding hydrogens is 270 g/mol. The molecule has 0 fully saturated rings. The Balaban J connectivity index is 3.44. The number of allylic oxidation sites excluding steroid dienone is 1. The summed E-state index contributed by atoms with van der Waals surface area (Å²) in [5, 5.41) is 4.98. The molecule has 0 aliphatic heterocycles. The summed E-state index contributed by atoms with van der Waals surface area (Å²) in [7, 11) is -6.76. The standard InChI is InChI=1S/C8H13NO4S3/c1-3-4-6-5-7(16(9,12)13)14-8(6)15(2,10)11/h3-5,10-11H,1-2H3,(H2,9,12,13)/b4-3-. The van der Waals surface area contributed by atoms with Gasteiger partial charge in [0.05, 0.1) is 0 Å². The van der Waals surface area contributed by atoms with Gasteiger partial charge < -0.3 is 0 Å². The average molecular weight is 283 g/mol. The van der Waals surface area contributed by atoms with Crippen molar-refractivity contribution in [1.29, 1.82) is 0 Å². The Morgan fingerprint density at radius 1 is 1.44 bits per heavy atom. The van der Waals surface area contributed by atoms with E-state index in [1.807, 2.05) is 0 Å². The van der Waals surface area contributed by atoms with Crippen LogP contribution in [0.3, 0.4) is 0 Å². The molecule has 1 heterocycles. The molecule has 0 unspecified atom stereocenters. The quantitative estimate of drug-likeness (QED) is 0.791. The van der Waals surface area contributed by atoms with Gasteiger partial charge in [-0.2, -0.15) is 10.6 Å². The molecule has 0 spiro atoms. The fraction of sp³-hybridized carbons (Fsp3) is 0.250. The van der Waals surface area contributed by atoms with Crippen molar-refractivity contribution in [1.82, 2.24) is 0 Å². The Morgan fingerprint density at radius 2 is 2.00 bits per heavy atom. The first kappa shape index (κ1) is 13.7. The lowest BCUT2D eigenvalue weighted by Crippen LogP contribution is -2.09. The molecule has 0 aliphatic carbocycles. The molecule has 0 radical (unpaired) electrons. The van der Waals surface area contributed by atoms with Crippen LogP contribution in [0.15, 0.2) is 20.6 Å². The van der Waals surface area contributed by atoms with Gasteiger partial charge in [-0.05, 0) is 13.0 Å². The zero-order valence-corrected chi connectivity index (χ0v) is 11.2. The summed E-state index contributed by atoms with van der Waals surface area (Å²) in [6, 6.07) is 1.34.